The summed E-state index contributed by atoms with van der Waals surface area (Å²) in [5.74, 6) is -0.669. The first-order valence-corrected chi connectivity index (χ1v) is 8.38. The van der Waals surface area contributed by atoms with Gasteiger partial charge >= 0.3 is 0 Å². The molecule has 0 unspecified atom stereocenters. The number of carbonyl (C=O) groups excluding carboxylic acids is 2. The smallest absolute Gasteiger partial charge is 0.240 e. The van der Waals surface area contributed by atoms with E-state index in [1.807, 2.05) is 31.2 Å². The molecule has 0 radical (unpaired) electrons. The van der Waals surface area contributed by atoms with E-state index in [1.165, 1.54) is 24.0 Å². The average molecular weight is 342 g/mol. The van der Waals surface area contributed by atoms with E-state index in [0.717, 1.165) is 23.2 Å². The van der Waals surface area contributed by atoms with Crippen LogP contribution >= 0.6 is 0 Å². The first-order valence-electron chi connectivity index (χ1n) is 8.38. The lowest BCUT2D eigenvalue weighted by molar-refractivity contribution is -0.123. The fourth-order valence-electron chi connectivity index (χ4n) is 2.64. The highest BCUT2D eigenvalue weighted by atomic mass is 19.1. The van der Waals surface area contributed by atoms with E-state index in [-0.39, 0.29) is 24.2 Å². The van der Waals surface area contributed by atoms with Gasteiger partial charge in [0.15, 0.2) is 0 Å². The van der Waals surface area contributed by atoms with Crippen molar-refractivity contribution < 1.29 is 14.0 Å². The maximum Gasteiger partial charge on any atom is 0.240 e. The molecule has 0 aliphatic heterocycles. The highest BCUT2D eigenvalue weighted by molar-refractivity contribution is 5.98. The number of aryl methyl sites for hydroxylation is 1. The Morgan fingerprint density at radius 2 is 1.76 bits per heavy atom. The zero-order chi connectivity index (χ0) is 18.2. The molecule has 0 fully saturated rings. The summed E-state index contributed by atoms with van der Waals surface area (Å²) in [7, 11) is 0. The minimum Gasteiger partial charge on any atom is -0.354 e. The van der Waals surface area contributed by atoms with Gasteiger partial charge in [0.05, 0.1) is 0 Å². The molecule has 132 valence electrons. The highest BCUT2D eigenvalue weighted by Gasteiger charge is 2.17. The summed E-state index contributed by atoms with van der Waals surface area (Å²) >= 11 is 0. The van der Waals surface area contributed by atoms with Crippen molar-refractivity contribution >= 4 is 17.5 Å². The van der Waals surface area contributed by atoms with Gasteiger partial charge in [0.1, 0.15) is 12.4 Å². The van der Waals surface area contributed by atoms with Gasteiger partial charge in [-0.25, -0.2) is 4.39 Å². The molecule has 0 saturated heterocycles. The molecule has 0 heterocycles. The predicted octanol–water partition coefficient (Wildman–Crippen LogP) is 3.10. The number of halogens is 1. The number of hydrogen-bond donors (Lipinski definition) is 1. The Kier molecular flexibility index (Phi) is 6.69. The zero-order valence-corrected chi connectivity index (χ0v) is 14.6. The van der Waals surface area contributed by atoms with E-state index in [2.05, 4.69) is 5.32 Å². The van der Waals surface area contributed by atoms with Gasteiger partial charge in [-0.1, -0.05) is 37.3 Å². The standard InChI is InChI=1S/C20H23FN2O2/c1-3-17-6-4-5-7-19(17)23(15(2)24)14-20(25)22-13-12-16-8-10-18(21)11-9-16/h4-11H,3,12-14H2,1-2H3,(H,22,25). The van der Waals surface area contributed by atoms with E-state index in [0.29, 0.717) is 13.0 Å². The number of rotatable bonds is 7. The third-order valence-corrected chi connectivity index (χ3v) is 3.99. The normalized spacial score (nSPS) is 10.4. The molecule has 0 aliphatic carbocycles. The summed E-state index contributed by atoms with van der Waals surface area (Å²) in [6, 6.07) is 13.8. The molecule has 2 aromatic rings. The molecule has 4 nitrogen and oxygen atoms in total. The van der Waals surface area contributed by atoms with Crippen molar-refractivity contribution in [1.82, 2.24) is 5.32 Å². The van der Waals surface area contributed by atoms with Crippen molar-refractivity contribution in [2.45, 2.75) is 26.7 Å². The maximum atomic E-state index is 12.9. The van der Waals surface area contributed by atoms with Crippen molar-refractivity contribution in [3.05, 3.63) is 65.5 Å². The third kappa shape index (κ3) is 5.41. The Labute approximate surface area is 147 Å². The minimum absolute atomic E-state index is 0.0181. The summed E-state index contributed by atoms with van der Waals surface area (Å²) in [5, 5.41) is 2.81. The third-order valence-electron chi connectivity index (χ3n) is 3.99. The van der Waals surface area contributed by atoms with Crippen LogP contribution in [0, 0.1) is 5.82 Å². The highest BCUT2D eigenvalue weighted by Crippen LogP contribution is 2.20. The van der Waals surface area contributed by atoms with Gasteiger partial charge in [0.25, 0.3) is 0 Å². The van der Waals surface area contributed by atoms with Gasteiger partial charge in [-0.3, -0.25) is 9.59 Å². The quantitative estimate of drug-likeness (QED) is 0.840. The number of anilines is 1. The summed E-state index contributed by atoms with van der Waals surface area (Å²) in [6.45, 7) is 3.89. The molecular weight excluding hydrogens is 319 g/mol. The molecule has 0 atom stereocenters. The fraction of sp³-hybridized carbons (Fsp3) is 0.300. The van der Waals surface area contributed by atoms with Crippen LogP contribution in [-0.4, -0.2) is 24.9 Å². The van der Waals surface area contributed by atoms with E-state index in [9.17, 15) is 14.0 Å². The van der Waals surface area contributed by atoms with E-state index < -0.39 is 0 Å². The fourth-order valence-corrected chi connectivity index (χ4v) is 2.64. The number of carbonyl (C=O) groups is 2. The molecule has 0 bridgehead atoms. The summed E-state index contributed by atoms with van der Waals surface area (Å²) < 4.78 is 12.9. The molecule has 2 rings (SSSR count). The van der Waals surface area contributed by atoms with Gasteiger partial charge in [0.2, 0.25) is 11.8 Å². The lowest BCUT2D eigenvalue weighted by atomic mass is 10.1. The van der Waals surface area contributed by atoms with Gasteiger partial charge in [-0.2, -0.15) is 0 Å². The van der Waals surface area contributed by atoms with Gasteiger partial charge in [-0.05, 0) is 42.2 Å². The van der Waals surface area contributed by atoms with Crippen molar-refractivity contribution in [2.75, 3.05) is 18.0 Å². The van der Waals surface area contributed by atoms with Crippen LogP contribution in [0.25, 0.3) is 0 Å². The van der Waals surface area contributed by atoms with Gasteiger partial charge < -0.3 is 10.2 Å². The Morgan fingerprint density at radius 1 is 1.08 bits per heavy atom. The first kappa shape index (κ1) is 18.6. The van der Waals surface area contributed by atoms with Crippen LogP contribution in [0.2, 0.25) is 0 Å². The summed E-state index contributed by atoms with van der Waals surface area (Å²) in [6.07, 6.45) is 1.39. The molecular formula is C20H23FN2O2. The second-order valence-electron chi connectivity index (χ2n) is 5.81. The van der Waals surface area contributed by atoms with Crippen molar-refractivity contribution in [3.8, 4) is 0 Å². The van der Waals surface area contributed by atoms with Crippen LogP contribution < -0.4 is 10.2 Å². The molecule has 0 saturated carbocycles. The summed E-state index contributed by atoms with van der Waals surface area (Å²) in [5.41, 5.74) is 2.74. The van der Waals surface area contributed by atoms with Crippen LogP contribution in [0.1, 0.15) is 25.0 Å². The topological polar surface area (TPSA) is 49.4 Å². The lowest BCUT2D eigenvalue weighted by Crippen LogP contribution is -2.40. The molecule has 25 heavy (non-hydrogen) atoms. The second kappa shape index (κ2) is 8.97. The lowest BCUT2D eigenvalue weighted by Gasteiger charge is -2.23. The monoisotopic (exact) mass is 342 g/mol. The first-order chi connectivity index (χ1) is 12.0. The van der Waals surface area contributed by atoms with Gasteiger partial charge in [0, 0.05) is 19.2 Å². The largest absolute Gasteiger partial charge is 0.354 e. The van der Waals surface area contributed by atoms with Crippen LogP contribution in [-0.2, 0) is 22.4 Å². The van der Waals surface area contributed by atoms with E-state index in [4.69, 9.17) is 0 Å². The molecule has 0 aliphatic rings. The van der Waals surface area contributed by atoms with Crippen LogP contribution in [0.15, 0.2) is 48.5 Å². The van der Waals surface area contributed by atoms with Crippen LogP contribution in [0.5, 0.6) is 0 Å². The molecule has 0 spiro atoms. The van der Waals surface area contributed by atoms with Crippen molar-refractivity contribution in [1.29, 1.82) is 0 Å². The Morgan fingerprint density at radius 3 is 2.40 bits per heavy atom. The number of nitrogens with zero attached hydrogens (tertiary/aromatic N) is 1. The second-order valence-corrected chi connectivity index (χ2v) is 5.81. The molecule has 1 N–H and O–H groups in total. The number of amides is 2. The molecule has 5 heteroatoms. The number of benzene rings is 2. The molecule has 2 aromatic carbocycles. The Bertz CT molecular complexity index is 729. The van der Waals surface area contributed by atoms with E-state index in [1.54, 1.807) is 12.1 Å². The minimum atomic E-state index is -0.278. The Hall–Kier alpha value is -2.69. The average Bonchev–Trinajstić information content (AvgIpc) is 2.61. The Balaban J connectivity index is 1.94. The zero-order valence-electron chi connectivity index (χ0n) is 14.6. The van der Waals surface area contributed by atoms with E-state index >= 15 is 0 Å². The SMILES string of the molecule is CCc1ccccc1N(CC(=O)NCCc1ccc(F)cc1)C(C)=O. The van der Waals surface area contributed by atoms with Crippen LogP contribution in [0.3, 0.4) is 0 Å². The van der Waals surface area contributed by atoms with Crippen molar-refractivity contribution in [3.63, 3.8) is 0 Å². The number of para-hydroxylation sites is 1. The summed E-state index contributed by atoms with van der Waals surface area (Å²) in [4.78, 5) is 25.7. The molecule has 0 aromatic heterocycles. The van der Waals surface area contributed by atoms with Crippen LogP contribution in [0.4, 0.5) is 10.1 Å². The maximum absolute atomic E-state index is 12.9. The van der Waals surface area contributed by atoms with Crippen molar-refractivity contribution in [2.24, 2.45) is 0 Å². The predicted molar refractivity (Wildman–Crippen MR) is 97.0 cm³/mol. The number of nitrogens with one attached hydrogen (secondary N) is 1. The van der Waals surface area contributed by atoms with Gasteiger partial charge in [-0.15, -0.1) is 0 Å². The number of hydrogen-bond acceptors (Lipinski definition) is 2. The molecule has 2 amide bonds.